The summed E-state index contributed by atoms with van der Waals surface area (Å²) in [6.07, 6.45) is 3.87. The van der Waals surface area contributed by atoms with E-state index in [2.05, 4.69) is 48.0 Å². The number of aromatic nitrogens is 3. The molecule has 1 aromatic heterocycles. The van der Waals surface area contributed by atoms with E-state index >= 15 is 0 Å². The molecule has 2 fully saturated rings. The van der Waals surface area contributed by atoms with Gasteiger partial charge in [-0.15, -0.1) is 0 Å². The average molecular weight is 459 g/mol. The fraction of sp³-hybridized carbons (Fsp3) is 0.545. The normalized spacial score (nSPS) is 20.9. The molecule has 10 nitrogen and oxygen atoms in total. The number of ether oxygens (including phenoxy) is 1. The number of amides is 1. The fourth-order valence-corrected chi connectivity index (χ4v) is 4.27. The number of likely N-dealkylation sites (tertiary alicyclic amines) is 1. The Bertz CT molecular complexity index is 975. The zero-order chi connectivity index (χ0) is 23.2. The van der Waals surface area contributed by atoms with Gasteiger partial charge in [-0.3, -0.25) is 9.69 Å². The Labute approximate surface area is 192 Å². The average Bonchev–Trinajstić information content (AvgIpc) is 3.27. The minimum atomic E-state index is -0.493. The van der Waals surface area contributed by atoms with Crippen molar-refractivity contribution >= 4 is 29.4 Å². The number of anilines is 4. The Morgan fingerprint density at radius 2 is 2.00 bits per heavy atom. The molecule has 178 valence electrons. The minimum absolute atomic E-state index is 0.0764. The number of methoxy groups -OCH3 is 1. The molecule has 2 aromatic rings. The Morgan fingerprint density at radius 1 is 1.18 bits per heavy atom. The van der Waals surface area contributed by atoms with Crippen molar-refractivity contribution in [3.8, 4) is 5.75 Å². The Morgan fingerprint density at radius 3 is 2.76 bits per heavy atom. The summed E-state index contributed by atoms with van der Waals surface area (Å²) < 4.78 is 19.1. The number of nitrogens with one attached hydrogen (secondary N) is 4. The van der Waals surface area contributed by atoms with Crippen molar-refractivity contribution in [3.63, 3.8) is 0 Å². The summed E-state index contributed by atoms with van der Waals surface area (Å²) in [7, 11) is 1.42. The summed E-state index contributed by atoms with van der Waals surface area (Å²) in [6.45, 7) is 5.64. The van der Waals surface area contributed by atoms with Crippen LogP contribution in [-0.2, 0) is 4.79 Å². The van der Waals surface area contributed by atoms with Crippen LogP contribution in [0.2, 0.25) is 0 Å². The number of likely N-dealkylation sites (N-methyl/N-ethyl adjacent to an activating group) is 1. The molecule has 2 unspecified atom stereocenters. The smallest absolute Gasteiger partial charge is 0.242 e. The molecule has 0 radical (unpaired) electrons. The standard InChI is InChI=1S/C22H31FN8O2/c1-3-31-11-5-6-15(31)13-25-20-28-21(26-14-8-9-18(33-2)16(23)12-14)30-22(29-20)27-17-7-4-10-24-19(17)32/h8-9,12,15,17H,3-7,10-11,13H2,1-2H3,(H,24,32)(H3,25,26,27,28,29,30). The molecular formula is C22H31FN8O2. The van der Waals surface area contributed by atoms with Crippen LogP contribution in [0, 0.1) is 5.82 Å². The van der Waals surface area contributed by atoms with E-state index in [4.69, 9.17) is 4.74 Å². The molecule has 0 spiro atoms. The molecule has 3 heterocycles. The number of carbonyl (C=O) groups excluding carboxylic acids is 1. The maximum Gasteiger partial charge on any atom is 0.242 e. The van der Waals surface area contributed by atoms with E-state index in [9.17, 15) is 9.18 Å². The zero-order valence-electron chi connectivity index (χ0n) is 19.0. The lowest BCUT2D eigenvalue weighted by atomic mass is 10.1. The van der Waals surface area contributed by atoms with Gasteiger partial charge in [0.1, 0.15) is 6.04 Å². The first kappa shape index (κ1) is 23.0. The number of rotatable bonds is 9. The van der Waals surface area contributed by atoms with E-state index in [0.717, 1.165) is 25.9 Å². The van der Waals surface area contributed by atoms with Crippen molar-refractivity contribution in [2.24, 2.45) is 0 Å². The lowest BCUT2D eigenvalue weighted by Gasteiger charge is -2.24. The maximum atomic E-state index is 14.1. The number of halogens is 1. The van der Waals surface area contributed by atoms with Crippen LogP contribution >= 0.6 is 0 Å². The molecule has 11 heteroatoms. The number of nitrogens with zero attached hydrogens (tertiary/aromatic N) is 4. The van der Waals surface area contributed by atoms with Crippen LogP contribution in [0.4, 0.5) is 27.9 Å². The van der Waals surface area contributed by atoms with Gasteiger partial charge >= 0.3 is 0 Å². The van der Waals surface area contributed by atoms with E-state index in [1.54, 1.807) is 6.07 Å². The van der Waals surface area contributed by atoms with Crippen LogP contribution in [0.15, 0.2) is 18.2 Å². The van der Waals surface area contributed by atoms with Crippen LogP contribution in [-0.4, -0.2) is 71.1 Å². The number of benzene rings is 1. The van der Waals surface area contributed by atoms with Crippen molar-refractivity contribution in [1.29, 1.82) is 0 Å². The van der Waals surface area contributed by atoms with Crippen molar-refractivity contribution in [2.75, 3.05) is 49.2 Å². The van der Waals surface area contributed by atoms with Gasteiger partial charge in [-0.2, -0.15) is 15.0 Å². The monoisotopic (exact) mass is 458 g/mol. The lowest BCUT2D eigenvalue weighted by molar-refractivity contribution is -0.123. The highest BCUT2D eigenvalue weighted by molar-refractivity contribution is 5.84. The number of carbonyl (C=O) groups is 1. The Balaban J connectivity index is 1.54. The molecule has 0 saturated carbocycles. The highest BCUT2D eigenvalue weighted by atomic mass is 19.1. The van der Waals surface area contributed by atoms with E-state index < -0.39 is 11.9 Å². The highest BCUT2D eigenvalue weighted by Crippen LogP contribution is 2.24. The van der Waals surface area contributed by atoms with Gasteiger partial charge < -0.3 is 26.0 Å². The summed E-state index contributed by atoms with van der Waals surface area (Å²) in [5, 5.41) is 12.3. The van der Waals surface area contributed by atoms with Gasteiger partial charge in [0.15, 0.2) is 11.6 Å². The van der Waals surface area contributed by atoms with Crippen LogP contribution < -0.4 is 26.0 Å². The van der Waals surface area contributed by atoms with Gasteiger partial charge in [0.2, 0.25) is 23.8 Å². The molecule has 4 N–H and O–H groups in total. The summed E-state index contributed by atoms with van der Waals surface area (Å²) >= 11 is 0. The maximum absolute atomic E-state index is 14.1. The van der Waals surface area contributed by atoms with Gasteiger partial charge in [0.25, 0.3) is 0 Å². The highest BCUT2D eigenvalue weighted by Gasteiger charge is 2.25. The van der Waals surface area contributed by atoms with Gasteiger partial charge in [-0.05, 0) is 50.9 Å². The summed E-state index contributed by atoms with van der Waals surface area (Å²) in [6, 6.07) is 4.53. The second-order valence-corrected chi connectivity index (χ2v) is 8.22. The van der Waals surface area contributed by atoms with Crippen LogP contribution in [0.5, 0.6) is 5.75 Å². The van der Waals surface area contributed by atoms with Crippen LogP contribution in [0.3, 0.4) is 0 Å². The van der Waals surface area contributed by atoms with E-state index in [-0.39, 0.29) is 23.6 Å². The van der Waals surface area contributed by atoms with Gasteiger partial charge in [0, 0.05) is 30.9 Å². The topological polar surface area (TPSA) is 116 Å². The van der Waals surface area contributed by atoms with E-state index in [0.29, 0.717) is 37.2 Å². The van der Waals surface area contributed by atoms with Gasteiger partial charge in [-0.1, -0.05) is 6.92 Å². The van der Waals surface area contributed by atoms with Crippen LogP contribution in [0.25, 0.3) is 0 Å². The fourth-order valence-electron chi connectivity index (χ4n) is 4.27. The third-order valence-electron chi connectivity index (χ3n) is 6.03. The second kappa shape index (κ2) is 10.6. The molecular weight excluding hydrogens is 427 g/mol. The molecule has 2 atom stereocenters. The van der Waals surface area contributed by atoms with E-state index in [1.807, 2.05) is 0 Å². The van der Waals surface area contributed by atoms with Gasteiger partial charge in [0.05, 0.1) is 7.11 Å². The molecule has 2 saturated heterocycles. The van der Waals surface area contributed by atoms with Crippen LogP contribution in [0.1, 0.15) is 32.6 Å². The van der Waals surface area contributed by atoms with Gasteiger partial charge in [-0.25, -0.2) is 4.39 Å². The number of piperidine rings is 1. The lowest BCUT2D eigenvalue weighted by Crippen LogP contribution is -2.44. The molecule has 0 aliphatic carbocycles. The van der Waals surface area contributed by atoms with Crippen molar-refractivity contribution in [1.82, 2.24) is 25.2 Å². The summed E-state index contributed by atoms with van der Waals surface area (Å²) in [5.41, 5.74) is 0.472. The number of hydrogen-bond donors (Lipinski definition) is 4. The first-order chi connectivity index (χ1) is 16.1. The molecule has 4 rings (SSSR count). The predicted molar refractivity (Wildman–Crippen MR) is 124 cm³/mol. The Kier molecular flexibility index (Phi) is 7.38. The van der Waals surface area contributed by atoms with Crippen molar-refractivity contribution in [2.45, 2.75) is 44.7 Å². The van der Waals surface area contributed by atoms with Crippen molar-refractivity contribution in [3.05, 3.63) is 24.0 Å². The number of hydrogen-bond acceptors (Lipinski definition) is 9. The molecule has 2 aliphatic heterocycles. The quantitative estimate of drug-likeness (QED) is 0.449. The first-order valence-corrected chi connectivity index (χ1v) is 11.4. The largest absolute Gasteiger partial charge is 0.494 e. The van der Waals surface area contributed by atoms with Crippen molar-refractivity contribution < 1.29 is 13.9 Å². The molecule has 2 aliphatic rings. The molecule has 0 bridgehead atoms. The molecule has 1 aromatic carbocycles. The minimum Gasteiger partial charge on any atom is -0.494 e. The Hall–Kier alpha value is -3.21. The predicted octanol–water partition coefficient (Wildman–Crippen LogP) is 2.35. The summed E-state index contributed by atoms with van der Waals surface area (Å²) in [4.78, 5) is 28.0. The molecule has 33 heavy (non-hydrogen) atoms. The SMILES string of the molecule is CCN1CCCC1CNc1nc(Nc2ccc(OC)c(F)c2)nc(NC2CCCNC2=O)n1. The zero-order valence-corrected chi connectivity index (χ0v) is 19.0. The third-order valence-corrected chi connectivity index (χ3v) is 6.03. The second-order valence-electron chi connectivity index (χ2n) is 8.22. The molecule has 1 amide bonds. The third kappa shape index (κ3) is 5.78. The first-order valence-electron chi connectivity index (χ1n) is 11.4. The van der Waals surface area contributed by atoms with E-state index in [1.165, 1.54) is 25.7 Å². The summed E-state index contributed by atoms with van der Waals surface area (Å²) in [5.74, 6) is 0.504.